The monoisotopic (exact) mass is 194 g/mol. The van der Waals surface area contributed by atoms with Crippen LogP contribution >= 0.6 is 0 Å². The van der Waals surface area contributed by atoms with E-state index in [0.717, 1.165) is 5.69 Å². The van der Waals surface area contributed by atoms with Crippen molar-refractivity contribution in [2.75, 3.05) is 5.32 Å². The lowest BCUT2D eigenvalue weighted by atomic mass is 10.1. The van der Waals surface area contributed by atoms with Gasteiger partial charge in [0.15, 0.2) is 0 Å². The number of nitrogens with one attached hydrogen (secondary N) is 1. The van der Waals surface area contributed by atoms with Gasteiger partial charge in [-0.25, -0.2) is 9.78 Å². The second kappa shape index (κ2) is 3.65. The largest absolute Gasteiger partial charge is 0.477 e. The second-order valence-electron chi connectivity index (χ2n) is 4.11. The van der Waals surface area contributed by atoms with Crippen LogP contribution in [-0.4, -0.2) is 21.6 Å². The lowest BCUT2D eigenvalue weighted by molar-refractivity contribution is 0.0690. The molecule has 4 heteroatoms. The van der Waals surface area contributed by atoms with Gasteiger partial charge in [-0.1, -0.05) is 0 Å². The van der Waals surface area contributed by atoms with Gasteiger partial charge in [0.1, 0.15) is 5.69 Å². The molecule has 0 spiro atoms. The third kappa shape index (κ3) is 3.05. The quantitative estimate of drug-likeness (QED) is 0.755. The molecule has 0 bridgehead atoms. The van der Waals surface area contributed by atoms with Crippen molar-refractivity contribution in [3.63, 3.8) is 0 Å². The van der Waals surface area contributed by atoms with Crippen LogP contribution in [0.25, 0.3) is 0 Å². The van der Waals surface area contributed by atoms with Gasteiger partial charge >= 0.3 is 5.97 Å². The molecule has 1 aromatic rings. The summed E-state index contributed by atoms with van der Waals surface area (Å²) < 4.78 is 0. The highest BCUT2D eigenvalue weighted by molar-refractivity contribution is 5.86. The second-order valence-corrected chi connectivity index (χ2v) is 4.11. The lowest BCUT2D eigenvalue weighted by Crippen LogP contribution is -2.26. The third-order valence-electron chi connectivity index (χ3n) is 1.50. The fraction of sp³-hybridized carbons (Fsp3) is 0.400. The summed E-state index contributed by atoms with van der Waals surface area (Å²) in [6.45, 7) is 6.02. The normalized spacial score (nSPS) is 11.1. The van der Waals surface area contributed by atoms with Crippen LogP contribution in [0.1, 0.15) is 31.3 Å². The predicted molar refractivity (Wildman–Crippen MR) is 54.6 cm³/mol. The minimum absolute atomic E-state index is 0.0549. The number of rotatable bonds is 2. The Balaban J connectivity index is 2.89. The molecule has 0 amide bonds. The van der Waals surface area contributed by atoms with E-state index in [2.05, 4.69) is 10.3 Å². The van der Waals surface area contributed by atoms with Crippen molar-refractivity contribution in [1.82, 2.24) is 4.98 Å². The first kappa shape index (κ1) is 10.5. The molecule has 0 aromatic carbocycles. The van der Waals surface area contributed by atoms with Crippen LogP contribution in [0.2, 0.25) is 0 Å². The summed E-state index contributed by atoms with van der Waals surface area (Å²) in [7, 11) is 0. The van der Waals surface area contributed by atoms with E-state index < -0.39 is 5.97 Å². The number of aromatic carboxylic acids is 1. The van der Waals surface area contributed by atoms with E-state index in [9.17, 15) is 4.79 Å². The zero-order chi connectivity index (χ0) is 10.8. The Kier molecular flexibility index (Phi) is 2.74. The lowest BCUT2D eigenvalue weighted by Gasteiger charge is -2.22. The van der Waals surface area contributed by atoms with Gasteiger partial charge in [-0.05, 0) is 32.9 Å². The molecule has 0 radical (unpaired) electrons. The fourth-order valence-electron chi connectivity index (χ4n) is 1.06. The van der Waals surface area contributed by atoms with Gasteiger partial charge in [-0.15, -0.1) is 0 Å². The van der Waals surface area contributed by atoms with Gasteiger partial charge in [0.2, 0.25) is 0 Å². The summed E-state index contributed by atoms with van der Waals surface area (Å²) in [5.41, 5.74) is 0.737. The van der Waals surface area contributed by atoms with E-state index in [1.54, 1.807) is 6.07 Å². The van der Waals surface area contributed by atoms with E-state index in [1.807, 2.05) is 20.8 Å². The highest BCUT2D eigenvalue weighted by atomic mass is 16.4. The maximum atomic E-state index is 10.6. The Morgan fingerprint density at radius 1 is 1.50 bits per heavy atom. The molecular weight excluding hydrogens is 180 g/mol. The number of carbonyl (C=O) groups is 1. The van der Waals surface area contributed by atoms with Crippen molar-refractivity contribution in [2.45, 2.75) is 26.3 Å². The van der Waals surface area contributed by atoms with E-state index in [4.69, 9.17) is 5.11 Å². The highest BCUT2D eigenvalue weighted by Crippen LogP contribution is 2.14. The molecule has 2 N–H and O–H groups in total. The highest BCUT2D eigenvalue weighted by Gasteiger charge is 2.11. The Labute approximate surface area is 83.0 Å². The Morgan fingerprint density at radius 3 is 2.64 bits per heavy atom. The summed E-state index contributed by atoms with van der Waals surface area (Å²) in [5, 5.41) is 11.9. The molecule has 0 aliphatic heterocycles. The van der Waals surface area contributed by atoms with Gasteiger partial charge in [0, 0.05) is 17.4 Å². The van der Waals surface area contributed by atoms with Crippen molar-refractivity contribution in [3.8, 4) is 0 Å². The molecule has 0 saturated carbocycles. The number of carboxylic acid groups (broad SMARTS) is 1. The Hall–Kier alpha value is -1.58. The summed E-state index contributed by atoms with van der Waals surface area (Å²) in [4.78, 5) is 14.4. The topological polar surface area (TPSA) is 62.2 Å². The predicted octanol–water partition coefficient (Wildman–Crippen LogP) is 1.99. The summed E-state index contributed by atoms with van der Waals surface area (Å²) in [6.07, 6.45) is 1.48. The van der Waals surface area contributed by atoms with Crippen molar-refractivity contribution < 1.29 is 9.90 Å². The molecule has 0 saturated heterocycles. The number of carboxylic acids is 1. The zero-order valence-electron chi connectivity index (χ0n) is 8.53. The molecule has 76 valence electrons. The first-order chi connectivity index (χ1) is 6.38. The zero-order valence-corrected chi connectivity index (χ0v) is 8.53. The molecular formula is C10H14N2O2. The van der Waals surface area contributed by atoms with Crippen LogP contribution in [0, 0.1) is 0 Å². The molecule has 1 heterocycles. The maximum absolute atomic E-state index is 10.6. The first-order valence-corrected chi connectivity index (χ1v) is 4.36. The number of anilines is 1. The van der Waals surface area contributed by atoms with Crippen molar-refractivity contribution >= 4 is 11.7 Å². The molecule has 0 aliphatic carbocycles. The summed E-state index contributed by atoms with van der Waals surface area (Å²) in [6, 6.07) is 3.27. The number of hydrogen-bond donors (Lipinski definition) is 2. The smallest absolute Gasteiger partial charge is 0.354 e. The van der Waals surface area contributed by atoms with E-state index in [1.165, 1.54) is 12.3 Å². The van der Waals surface area contributed by atoms with Crippen LogP contribution in [0.4, 0.5) is 5.69 Å². The molecule has 4 nitrogen and oxygen atoms in total. The molecule has 0 fully saturated rings. The average Bonchev–Trinajstić information content (AvgIpc) is 2.01. The number of nitrogens with zero attached hydrogens (tertiary/aromatic N) is 1. The minimum atomic E-state index is -1.01. The van der Waals surface area contributed by atoms with Crippen molar-refractivity contribution in [2.24, 2.45) is 0 Å². The van der Waals surface area contributed by atoms with Crippen LogP contribution in [0.5, 0.6) is 0 Å². The van der Waals surface area contributed by atoms with E-state index in [0.29, 0.717) is 0 Å². The Morgan fingerprint density at radius 2 is 2.14 bits per heavy atom. The number of pyridine rings is 1. The van der Waals surface area contributed by atoms with E-state index in [-0.39, 0.29) is 11.2 Å². The van der Waals surface area contributed by atoms with Gasteiger partial charge in [-0.2, -0.15) is 0 Å². The molecule has 0 atom stereocenters. The third-order valence-corrected chi connectivity index (χ3v) is 1.50. The number of aromatic nitrogens is 1. The number of hydrogen-bond acceptors (Lipinski definition) is 3. The fourth-order valence-corrected chi connectivity index (χ4v) is 1.06. The van der Waals surface area contributed by atoms with Crippen LogP contribution in [0.15, 0.2) is 18.3 Å². The molecule has 14 heavy (non-hydrogen) atoms. The van der Waals surface area contributed by atoms with E-state index >= 15 is 0 Å². The SMILES string of the molecule is CC(C)(C)Nc1ccnc(C(=O)O)c1. The van der Waals surface area contributed by atoms with Crippen LogP contribution in [-0.2, 0) is 0 Å². The molecule has 1 rings (SSSR count). The van der Waals surface area contributed by atoms with Gasteiger partial charge in [0.05, 0.1) is 0 Å². The summed E-state index contributed by atoms with van der Waals surface area (Å²) in [5.74, 6) is -1.01. The van der Waals surface area contributed by atoms with Gasteiger partial charge in [0.25, 0.3) is 0 Å². The maximum Gasteiger partial charge on any atom is 0.354 e. The van der Waals surface area contributed by atoms with Crippen molar-refractivity contribution in [3.05, 3.63) is 24.0 Å². The average molecular weight is 194 g/mol. The Bertz CT molecular complexity index is 342. The van der Waals surface area contributed by atoms with Crippen molar-refractivity contribution in [1.29, 1.82) is 0 Å². The first-order valence-electron chi connectivity index (χ1n) is 4.36. The van der Waals surface area contributed by atoms with Gasteiger partial charge in [-0.3, -0.25) is 0 Å². The summed E-state index contributed by atoms with van der Waals surface area (Å²) >= 11 is 0. The van der Waals surface area contributed by atoms with Crippen LogP contribution < -0.4 is 5.32 Å². The minimum Gasteiger partial charge on any atom is -0.477 e. The van der Waals surface area contributed by atoms with Gasteiger partial charge < -0.3 is 10.4 Å². The molecule has 0 unspecified atom stereocenters. The van der Waals surface area contributed by atoms with Crippen LogP contribution in [0.3, 0.4) is 0 Å². The molecule has 1 aromatic heterocycles. The standard InChI is InChI=1S/C10H14N2O2/c1-10(2,3)12-7-4-5-11-8(6-7)9(13)14/h4-6H,1-3H3,(H,11,12)(H,13,14). The molecule has 0 aliphatic rings.